The second-order valence-electron chi connectivity index (χ2n) is 7.59. The van der Waals surface area contributed by atoms with Crippen molar-refractivity contribution in [3.63, 3.8) is 0 Å². The highest BCUT2D eigenvalue weighted by Gasteiger charge is 2.09. The molecular weight excluding hydrogens is 396 g/mol. The monoisotopic (exact) mass is 413 g/mol. The van der Waals surface area contributed by atoms with Crippen molar-refractivity contribution in [1.82, 2.24) is 0 Å². The molecule has 3 radical (unpaired) electrons. The first kappa shape index (κ1) is 17.6. The molecule has 0 aliphatic rings. The number of hydrogen-bond acceptors (Lipinski definition) is 1. The van der Waals surface area contributed by atoms with E-state index in [1.807, 2.05) is 0 Å². The van der Waals surface area contributed by atoms with E-state index in [4.69, 9.17) is 0 Å². The fourth-order valence-corrected chi connectivity index (χ4v) is 5.58. The van der Waals surface area contributed by atoms with Gasteiger partial charge in [-0.3, -0.25) is 0 Å². The molecule has 6 aromatic rings. The lowest BCUT2D eigenvalue weighted by Gasteiger charge is -2.12. The van der Waals surface area contributed by atoms with Gasteiger partial charge in [-0.2, -0.15) is 0 Å². The van der Waals surface area contributed by atoms with E-state index in [1.165, 1.54) is 53.9 Å². The molecule has 5 aromatic carbocycles. The third-order valence-electron chi connectivity index (χ3n) is 5.85. The lowest BCUT2D eigenvalue weighted by molar-refractivity contribution is 1.65. The fraction of sp³-hybridized carbons (Fsp3) is 0. The van der Waals surface area contributed by atoms with Gasteiger partial charge in [-0.25, -0.2) is 0 Å². The summed E-state index contributed by atoms with van der Waals surface area (Å²) in [6.07, 6.45) is 0. The van der Waals surface area contributed by atoms with E-state index < -0.39 is 0 Å². The van der Waals surface area contributed by atoms with Gasteiger partial charge >= 0.3 is 0 Å². The van der Waals surface area contributed by atoms with Crippen LogP contribution >= 0.6 is 11.3 Å². The zero-order chi connectivity index (χ0) is 20.1. The van der Waals surface area contributed by atoms with Crippen LogP contribution in [0, 0.1) is 0 Å². The summed E-state index contributed by atoms with van der Waals surface area (Å²) in [6.45, 7) is 0. The third kappa shape index (κ3) is 2.80. The van der Waals surface area contributed by atoms with Crippen LogP contribution in [0.2, 0.25) is 0 Å². The molecule has 0 amide bonds. The van der Waals surface area contributed by atoms with Crippen LogP contribution in [-0.2, 0) is 0 Å². The summed E-state index contributed by atoms with van der Waals surface area (Å²) >= 11 is 1.76. The molecule has 0 aliphatic heterocycles. The van der Waals surface area contributed by atoms with Crippen LogP contribution in [0.15, 0.2) is 103 Å². The zero-order valence-electron chi connectivity index (χ0n) is 16.2. The number of thiophene rings is 1. The lowest BCUT2D eigenvalue weighted by atomic mass is 9.92. The molecule has 0 spiro atoms. The topological polar surface area (TPSA) is 0 Å². The van der Waals surface area contributed by atoms with Crippen molar-refractivity contribution < 1.29 is 0 Å². The first-order chi connectivity index (χ1) is 14.8. The van der Waals surface area contributed by atoms with Gasteiger partial charge < -0.3 is 0 Å². The maximum Gasteiger partial charge on any atom is 0.0864 e. The van der Waals surface area contributed by atoms with Gasteiger partial charge in [0.05, 0.1) is 10.2 Å². The summed E-state index contributed by atoms with van der Waals surface area (Å²) < 4.78 is 1.16. The van der Waals surface area contributed by atoms with Crippen molar-refractivity contribution in [2.45, 2.75) is 0 Å². The minimum Gasteiger partial charge on any atom is -0.146 e. The van der Waals surface area contributed by atoms with Crippen molar-refractivity contribution in [3.05, 3.63) is 103 Å². The SMILES string of the molecule is [Si]c1ccc(-c2ccc(-c3ccc4c5ccccc5c5ccccc5c4c3)cc2)s1. The van der Waals surface area contributed by atoms with E-state index in [0.29, 0.717) is 0 Å². The molecule has 6 rings (SSSR count). The van der Waals surface area contributed by atoms with Crippen LogP contribution in [0.5, 0.6) is 0 Å². The molecule has 0 aliphatic carbocycles. The second kappa shape index (κ2) is 6.94. The van der Waals surface area contributed by atoms with Gasteiger partial charge in [0.15, 0.2) is 0 Å². The van der Waals surface area contributed by atoms with Gasteiger partial charge in [-0.15, -0.1) is 11.3 Å². The molecule has 0 saturated heterocycles. The first-order valence-corrected chi connectivity index (χ1v) is 11.3. The Balaban J connectivity index is 1.55. The molecule has 0 nitrogen and oxygen atoms in total. The Labute approximate surface area is 182 Å². The Morgan fingerprint density at radius 1 is 0.433 bits per heavy atom. The van der Waals surface area contributed by atoms with E-state index in [-0.39, 0.29) is 0 Å². The van der Waals surface area contributed by atoms with Crippen LogP contribution in [0.3, 0.4) is 0 Å². The predicted octanol–water partition coefficient (Wildman–Crippen LogP) is 7.34. The van der Waals surface area contributed by atoms with Crippen molar-refractivity contribution in [2.24, 2.45) is 0 Å². The molecular formula is C28H17SSi. The number of fused-ring (bicyclic) bond motifs is 6. The number of rotatable bonds is 2. The largest absolute Gasteiger partial charge is 0.146 e. The molecule has 0 unspecified atom stereocenters. The van der Waals surface area contributed by atoms with Crippen molar-refractivity contribution >= 4 is 58.4 Å². The average molecular weight is 414 g/mol. The Morgan fingerprint density at radius 2 is 0.933 bits per heavy atom. The van der Waals surface area contributed by atoms with Crippen LogP contribution in [0.25, 0.3) is 53.9 Å². The Hall–Kier alpha value is -3.20. The number of hydrogen-bond donors (Lipinski definition) is 0. The van der Waals surface area contributed by atoms with Gasteiger partial charge in [-0.1, -0.05) is 91.0 Å². The highest BCUT2D eigenvalue weighted by molar-refractivity contribution is 7.23. The summed E-state index contributed by atoms with van der Waals surface area (Å²) in [5.74, 6) is 0. The van der Waals surface area contributed by atoms with Gasteiger partial charge in [0.2, 0.25) is 0 Å². The molecule has 0 N–H and O–H groups in total. The summed E-state index contributed by atoms with van der Waals surface area (Å²) in [6, 6.07) is 37.5. The van der Waals surface area contributed by atoms with Crippen molar-refractivity contribution in [1.29, 1.82) is 0 Å². The lowest BCUT2D eigenvalue weighted by Crippen LogP contribution is -1.88. The van der Waals surface area contributed by atoms with E-state index in [2.05, 4.69) is 113 Å². The van der Waals surface area contributed by atoms with Crippen molar-refractivity contribution in [3.8, 4) is 21.6 Å². The smallest absolute Gasteiger partial charge is 0.0864 e. The Bertz CT molecular complexity index is 1510. The second-order valence-corrected chi connectivity index (χ2v) is 9.58. The molecule has 1 heterocycles. The molecule has 0 bridgehead atoms. The molecule has 2 heteroatoms. The van der Waals surface area contributed by atoms with Crippen LogP contribution < -0.4 is 4.50 Å². The molecule has 30 heavy (non-hydrogen) atoms. The van der Waals surface area contributed by atoms with E-state index in [0.717, 1.165) is 4.50 Å². The zero-order valence-corrected chi connectivity index (χ0v) is 18.0. The number of benzene rings is 5. The van der Waals surface area contributed by atoms with Crippen molar-refractivity contribution in [2.75, 3.05) is 0 Å². The first-order valence-electron chi connectivity index (χ1n) is 10.0. The third-order valence-corrected chi connectivity index (χ3v) is 7.27. The van der Waals surface area contributed by atoms with Gasteiger partial charge in [0.1, 0.15) is 0 Å². The maximum absolute atomic E-state index is 3.61. The van der Waals surface area contributed by atoms with Crippen LogP contribution in [0.4, 0.5) is 0 Å². The van der Waals surface area contributed by atoms with Crippen LogP contribution in [0.1, 0.15) is 0 Å². The molecule has 0 saturated carbocycles. The van der Waals surface area contributed by atoms with E-state index in [9.17, 15) is 0 Å². The normalized spacial score (nSPS) is 11.5. The Kier molecular flexibility index (Phi) is 4.08. The van der Waals surface area contributed by atoms with Crippen LogP contribution in [-0.4, -0.2) is 10.2 Å². The van der Waals surface area contributed by atoms with E-state index in [1.54, 1.807) is 11.3 Å². The molecule has 1 aromatic heterocycles. The minimum absolute atomic E-state index is 1.16. The Morgan fingerprint density at radius 3 is 1.50 bits per heavy atom. The summed E-state index contributed by atoms with van der Waals surface area (Å²) in [4.78, 5) is 1.28. The summed E-state index contributed by atoms with van der Waals surface area (Å²) in [7, 11) is 3.61. The highest BCUT2D eigenvalue weighted by Crippen LogP contribution is 2.37. The highest BCUT2D eigenvalue weighted by atomic mass is 32.1. The van der Waals surface area contributed by atoms with E-state index >= 15 is 0 Å². The van der Waals surface area contributed by atoms with Gasteiger partial charge in [0, 0.05) is 4.88 Å². The molecule has 0 atom stereocenters. The molecule has 0 fully saturated rings. The predicted molar refractivity (Wildman–Crippen MR) is 133 cm³/mol. The fourth-order valence-electron chi connectivity index (χ4n) is 4.41. The summed E-state index contributed by atoms with van der Waals surface area (Å²) in [5, 5.41) is 7.89. The summed E-state index contributed by atoms with van der Waals surface area (Å²) in [5.41, 5.74) is 3.75. The minimum atomic E-state index is 1.16. The van der Waals surface area contributed by atoms with Gasteiger partial charge in [-0.05, 0) is 65.6 Å². The van der Waals surface area contributed by atoms with Gasteiger partial charge in [0.25, 0.3) is 0 Å². The average Bonchev–Trinajstić information content (AvgIpc) is 3.25. The molecule has 139 valence electrons. The standard InChI is InChI=1S/C28H17SSi/c30-28-16-15-27(29-28)19-11-9-18(10-12-19)20-13-14-25-23-7-2-1-5-21(23)22-6-3-4-8-24(22)26(25)17-20/h1-17H. The quantitative estimate of drug-likeness (QED) is 0.206. The maximum atomic E-state index is 3.61.